The molecule has 0 unspecified atom stereocenters. The summed E-state index contributed by atoms with van der Waals surface area (Å²) in [7, 11) is 0. The number of hydrogen-bond donors (Lipinski definition) is 11. The first-order valence-electron chi connectivity index (χ1n) is 30.5. The summed E-state index contributed by atoms with van der Waals surface area (Å²) in [6, 6.07) is 10.8. The van der Waals surface area contributed by atoms with Crippen LogP contribution in [-0.4, -0.2) is 197 Å². The van der Waals surface area contributed by atoms with E-state index in [4.69, 9.17) is 11.5 Å². The van der Waals surface area contributed by atoms with Gasteiger partial charge >= 0.3 is 0 Å². The largest absolute Gasteiger partial charge is 0.506 e. The van der Waals surface area contributed by atoms with Gasteiger partial charge in [-0.3, -0.25) is 48.1 Å². The van der Waals surface area contributed by atoms with E-state index < -0.39 is 107 Å². The van der Waals surface area contributed by atoms with Gasteiger partial charge in [-0.05, 0) is 125 Å². The number of aliphatic hydroxyl groups is 2. The molecule has 3 aromatic rings. The highest BCUT2D eigenvalue weighted by molar-refractivity contribution is 6.00. The Balaban J connectivity index is 1.10. The van der Waals surface area contributed by atoms with Crippen molar-refractivity contribution in [3.63, 3.8) is 0 Å². The van der Waals surface area contributed by atoms with E-state index in [1.165, 1.54) is 75.5 Å². The van der Waals surface area contributed by atoms with Crippen LogP contribution >= 0.6 is 0 Å². The Morgan fingerprint density at radius 2 is 1.33 bits per heavy atom. The molecule has 0 spiro atoms. The van der Waals surface area contributed by atoms with Gasteiger partial charge in [0, 0.05) is 63.0 Å². The fourth-order valence-corrected chi connectivity index (χ4v) is 11.7. The number of nitrogens with two attached hydrogens (primary N) is 2. The number of aliphatic hydroxyl groups excluding tert-OH is 2. The molecule has 4 saturated heterocycles. The number of hydrogen-bond acceptors (Lipinski definition) is 16. The zero-order chi connectivity index (χ0) is 62.0. The molecule has 0 aliphatic carbocycles. The number of rotatable bonds is 20. The predicted molar refractivity (Wildman–Crippen MR) is 323 cm³/mol. The van der Waals surface area contributed by atoms with Crippen LogP contribution in [0.2, 0.25) is 0 Å². The second-order valence-corrected chi connectivity index (χ2v) is 23.1. The molecule has 0 radical (unpaired) electrons. The lowest BCUT2D eigenvalue weighted by molar-refractivity contribution is -0.145. The van der Waals surface area contributed by atoms with Gasteiger partial charge in [0.25, 0.3) is 5.91 Å². The van der Waals surface area contributed by atoms with Crippen LogP contribution in [0, 0.1) is 5.92 Å². The van der Waals surface area contributed by atoms with Crippen LogP contribution in [-0.2, 0) is 44.8 Å². The number of piperazine rings is 1. The number of fused-ring (bicyclic) bond motifs is 2. The van der Waals surface area contributed by atoms with Crippen LogP contribution < -0.4 is 48.3 Å². The molecule has 0 aromatic heterocycles. The van der Waals surface area contributed by atoms with E-state index in [9.17, 15) is 58.5 Å². The highest BCUT2D eigenvalue weighted by atomic mass is 16.3. The van der Waals surface area contributed by atoms with E-state index in [-0.39, 0.29) is 88.2 Å². The fraction of sp³-hybridized carbons (Fsp3) is 0.565. The predicted octanol–water partition coefficient (Wildman–Crippen LogP) is 1.03. The van der Waals surface area contributed by atoms with Crippen molar-refractivity contribution < 1.29 is 58.5 Å². The number of anilines is 2. The Morgan fingerprint density at radius 1 is 0.686 bits per heavy atom. The maximum absolute atomic E-state index is 14.6. The molecule has 8 amide bonds. The molecule has 13 N–H and O–H groups in total. The van der Waals surface area contributed by atoms with Gasteiger partial charge < -0.3 is 73.4 Å². The summed E-state index contributed by atoms with van der Waals surface area (Å²) >= 11 is 0. The molecule has 7 rings (SSSR count). The van der Waals surface area contributed by atoms with Crippen LogP contribution in [0.5, 0.6) is 5.75 Å². The number of amides is 8. The van der Waals surface area contributed by atoms with E-state index in [2.05, 4.69) is 60.8 Å². The molecule has 468 valence electrons. The molecule has 24 heteroatoms. The Hall–Kier alpha value is -7.51. The molecular weight excluding hydrogens is 1100 g/mol. The molecule has 3 aromatic carbocycles. The minimum absolute atomic E-state index is 0.0212. The quantitative estimate of drug-likeness (QED) is 0.0556. The van der Waals surface area contributed by atoms with Crippen molar-refractivity contribution in [2.75, 3.05) is 75.7 Å². The Bertz CT molecular complexity index is 2850. The lowest BCUT2D eigenvalue weighted by atomic mass is 10.0. The summed E-state index contributed by atoms with van der Waals surface area (Å²) in [6.45, 7) is 8.75. The normalized spacial score (nSPS) is 23.8. The third-order valence-electron chi connectivity index (χ3n) is 16.9. The van der Waals surface area contributed by atoms with E-state index in [1.54, 1.807) is 24.3 Å². The molecule has 0 saturated carbocycles. The molecule has 4 aliphatic rings. The molecule has 9 atom stereocenters. The van der Waals surface area contributed by atoms with Crippen LogP contribution in [0.1, 0.15) is 114 Å². The summed E-state index contributed by atoms with van der Waals surface area (Å²) in [5, 5.41) is 48.6. The van der Waals surface area contributed by atoms with E-state index in [1.807, 2.05) is 12.1 Å². The molecular formula is C62H88N12O12. The number of carbonyl (C=O) groups is 9. The summed E-state index contributed by atoms with van der Waals surface area (Å²) in [5.74, 6) is -7.78. The highest BCUT2D eigenvalue weighted by Crippen LogP contribution is 2.29. The number of Topliss-reactive ketones (excluding diaryl/α,β-unsaturated/α-hetero) is 1. The number of aryl methyl sites for hydroxylation is 1. The average Bonchev–Trinajstić information content (AvgIpc) is 2.52. The third kappa shape index (κ3) is 17.6. The van der Waals surface area contributed by atoms with Crippen molar-refractivity contribution in [1.82, 2.24) is 41.3 Å². The van der Waals surface area contributed by atoms with Crippen LogP contribution in [0.4, 0.5) is 11.4 Å². The zero-order valence-corrected chi connectivity index (χ0v) is 49.8. The van der Waals surface area contributed by atoms with Gasteiger partial charge in [-0.25, -0.2) is 0 Å². The number of phenols is 1. The van der Waals surface area contributed by atoms with Crippen molar-refractivity contribution in [3.8, 4) is 16.9 Å². The van der Waals surface area contributed by atoms with Crippen molar-refractivity contribution in [2.45, 2.75) is 153 Å². The zero-order valence-electron chi connectivity index (χ0n) is 49.8. The van der Waals surface area contributed by atoms with Gasteiger partial charge in [0.05, 0.1) is 31.0 Å². The number of nitrogens with zero attached hydrogens (tertiary/aromatic N) is 4. The van der Waals surface area contributed by atoms with Crippen molar-refractivity contribution in [2.24, 2.45) is 17.4 Å². The molecule has 4 aliphatic heterocycles. The first kappa shape index (κ1) is 66.0. The molecule has 24 nitrogen and oxygen atoms in total. The number of aromatic hydroxyl groups is 1. The monoisotopic (exact) mass is 1190 g/mol. The van der Waals surface area contributed by atoms with Gasteiger partial charge in [0.1, 0.15) is 42.0 Å². The summed E-state index contributed by atoms with van der Waals surface area (Å²) in [4.78, 5) is 133. The maximum atomic E-state index is 14.6. The summed E-state index contributed by atoms with van der Waals surface area (Å²) < 4.78 is 0. The van der Waals surface area contributed by atoms with Crippen molar-refractivity contribution in [1.29, 1.82) is 0 Å². The van der Waals surface area contributed by atoms with Gasteiger partial charge in [-0.15, -0.1) is 0 Å². The van der Waals surface area contributed by atoms with Crippen molar-refractivity contribution in [3.05, 3.63) is 77.9 Å². The van der Waals surface area contributed by atoms with Gasteiger partial charge in [0.2, 0.25) is 41.4 Å². The molecule has 86 heavy (non-hydrogen) atoms. The van der Waals surface area contributed by atoms with Crippen LogP contribution in [0.25, 0.3) is 11.1 Å². The molecule has 0 bridgehead atoms. The van der Waals surface area contributed by atoms with E-state index >= 15 is 0 Å². The van der Waals surface area contributed by atoms with E-state index in [0.717, 1.165) is 54.4 Å². The first-order valence-corrected chi connectivity index (χ1v) is 30.5. The standard InChI is InChI=1S/C62H88N12O12/c1-4-5-6-7-8-9-27-71-29-31-72(32-30-71)45-22-20-42(21-23-45)41-16-18-43(19-17-41)56(80)67-46-12-10-26-65-59(83)50-34-44(52(78)35-63)37-74(50)62(86)55(39(3)76)70-58(82)47(24-14-40-15-25-51(77)48(33-40)66-53(79)36-64)68-60(84)49-13-11-28-73(49)61(85)54(38(2)75)69-57(46)81/h15-23,25,33,38-39,44,46-47,49-50,54-55,75-77H,4-14,24,26-32,34-37,63-64H2,1-3H3,(H,65,83)(H,66,79)(H,67,80)(H,68,84)(H,69,81)(H,70,82)/t38-,39-,44+,46+,47+,49+,50+,54+,55+/m1/s1. The Morgan fingerprint density at radius 3 is 1.98 bits per heavy atom. The minimum Gasteiger partial charge on any atom is -0.506 e. The van der Waals surface area contributed by atoms with Crippen molar-refractivity contribution >= 4 is 64.4 Å². The molecule has 4 heterocycles. The number of ketones is 1. The topological polar surface area (TPSA) is 351 Å². The van der Waals surface area contributed by atoms with Crippen LogP contribution in [0.3, 0.4) is 0 Å². The third-order valence-corrected chi connectivity index (χ3v) is 16.9. The number of unbranched alkanes of at least 4 members (excludes halogenated alkanes) is 5. The highest BCUT2D eigenvalue weighted by Gasteiger charge is 2.46. The number of phenolic OH excluding ortho intramolecular Hbond substituents is 1. The summed E-state index contributed by atoms with van der Waals surface area (Å²) in [6.07, 6.45) is 4.70. The second-order valence-electron chi connectivity index (χ2n) is 23.1. The number of carbonyl (C=O) groups excluding carboxylic acids is 9. The van der Waals surface area contributed by atoms with Gasteiger partial charge in [0.15, 0.2) is 5.78 Å². The molecule has 4 fully saturated rings. The Labute approximate surface area is 502 Å². The minimum atomic E-state index is -1.71. The fourth-order valence-electron chi connectivity index (χ4n) is 11.7. The maximum Gasteiger partial charge on any atom is 0.251 e. The lowest BCUT2D eigenvalue weighted by Gasteiger charge is -2.36. The summed E-state index contributed by atoms with van der Waals surface area (Å²) in [5.41, 5.74) is 14.9. The number of nitrogens with one attached hydrogen (secondary N) is 6. The SMILES string of the molecule is CCCCCCCCN1CCN(c2ccc(-c3ccc(C(=O)N[C@H]4CCCNC(=O)[C@@H]5C[C@H](C(=O)CN)CN5C(=O)[C@H]([C@@H](C)O)NC(=O)[C@H](CCc5ccc(O)c(NC(=O)CN)c5)NC(=O)[C@@H]5CCCN5C(=O)[C@H]([C@@H](C)O)NC4=O)cc3)cc2)CC1. The first-order chi connectivity index (χ1) is 41.3. The average molecular weight is 1190 g/mol. The number of benzene rings is 3. The Kier molecular flexibility index (Phi) is 24.4. The van der Waals surface area contributed by atoms with Gasteiger partial charge in [-0.2, -0.15) is 0 Å². The van der Waals surface area contributed by atoms with Gasteiger partial charge in [-0.1, -0.05) is 69.4 Å². The lowest BCUT2D eigenvalue weighted by Crippen LogP contribution is -2.61. The van der Waals surface area contributed by atoms with E-state index in [0.29, 0.717) is 12.0 Å². The van der Waals surface area contributed by atoms with Crippen LogP contribution in [0.15, 0.2) is 66.7 Å². The smallest absolute Gasteiger partial charge is 0.251 e. The second kappa shape index (κ2) is 31.8.